The van der Waals surface area contributed by atoms with Crippen LogP contribution in [0.2, 0.25) is 0 Å². The summed E-state index contributed by atoms with van der Waals surface area (Å²) in [5.41, 5.74) is 1.16. The van der Waals surface area contributed by atoms with Crippen molar-refractivity contribution < 1.29 is 0 Å². The molecule has 1 aromatic rings. The smallest absolute Gasteiger partial charge is 0.151 e. The van der Waals surface area contributed by atoms with Crippen LogP contribution in [0.5, 0.6) is 0 Å². The van der Waals surface area contributed by atoms with Gasteiger partial charge in [-0.05, 0) is 37.9 Å². The molecule has 0 amide bonds. The Hall–Kier alpha value is -1.16. The summed E-state index contributed by atoms with van der Waals surface area (Å²) in [5, 5.41) is 11.6. The van der Waals surface area contributed by atoms with E-state index in [4.69, 9.17) is 0 Å². The van der Waals surface area contributed by atoms with Crippen LogP contribution in [0.4, 0.5) is 5.82 Å². The van der Waals surface area contributed by atoms with E-state index in [1.165, 1.54) is 12.8 Å². The van der Waals surface area contributed by atoms with Gasteiger partial charge in [-0.1, -0.05) is 0 Å². The van der Waals surface area contributed by atoms with Crippen LogP contribution in [-0.2, 0) is 0 Å². The lowest BCUT2D eigenvalue weighted by Crippen LogP contribution is -2.35. The van der Waals surface area contributed by atoms with E-state index in [0.717, 1.165) is 24.5 Å². The van der Waals surface area contributed by atoms with Gasteiger partial charge in [-0.3, -0.25) is 0 Å². The van der Waals surface area contributed by atoms with Gasteiger partial charge in [0.25, 0.3) is 0 Å². The van der Waals surface area contributed by atoms with E-state index in [0.29, 0.717) is 6.04 Å². The van der Waals surface area contributed by atoms with Crippen molar-refractivity contribution in [2.45, 2.75) is 25.8 Å². The monoisotopic (exact) mass is 206 g/mol. The molecular formula is C11H18N4. The predicted molar refractivity (Wildman–Crippen MR) is 61.1 cm³/mol. The zero-order chi connectivity index (χ0) is 10.7. The number of hydrogen-bond acceptors (Lipinski definition) is 4. The highest BCUT2D eigenvalue weighted by molar-refractivity contribution is 5.38. The van der Waals surface area contributed by atoms with E-state index in [1.807, 2.05) is 6.92 Å². The standard InChI is InChI=1S/C11H18N4/c1-9-6-11(14-13-7-9)15(2)8-10-4-3-5-12-10/h6-7,10,12H,3-5,8H2,1-2H3. The third kappa shape index (κ3) is 2.65. The largest absolute Gasteiger partial charge is 0.357 e. The Bertz CT molecular complexity index is 320. The highest BCUT2D eigenvalue weighted by atomic mass is 15.2. The van der Waals surface area contributed by atoms with E-state index in [9.17, 15) is 0 Å². The van der Waals surface area contributed by atoms with Gasteiger partial charge in [0, 0.05) is 19.6 Å². The first-order chi connectivity index (χ1) is 7.25. The van der Waals surface area contributed by atoms with Gasteiger partial charge in [-0.15, -0.1) is 5.10 Å². The molecule has 82 valence electrons. The average molecular weight is 206 g/mol. The number of hydrogen-bond donors (Lipinski definition) is 1. The van der Waals surface area contributed by atoms with Crippen LogP contribution in [0.1, 0.15) is 18.4 Å². The maximum absolute atomic E-state index is 4.13. The number of nitrogens with zero attached hydrogens (tertiary/aromatic N) is 3. The number of anilines is 1. The molecule has 1 unspecified atom stereocenters. The van der Waals surface area contributed by atoms with Crippen molar-refractivity contribution in [1.29, 1.82) is 0 Å². The van der Waals surface area contributed by atoms with Crippen molar-refractivity contribution in [3.8, 4) is 0 Å². The SMILES string of the molecule is Cc1cnnc(N(C)CC2CCCN2)c1. The Balaban J connectivity index is 1.97. The van der Waals surface area contributed by atoms with E-state index in [-0.39, 0.29) is 0 Å². The van der Waals surface area contributed by atoms with Crippen LogP contribution in [0.25, 0.3) is 0 Å². The number of likely N-dealkylation sites (N-methyl/N-ethyl adjacent to an activating group) is 1. The first-order valence-electron chi connectivity index (χ1n) is 5.49. The van der Waals surface area contributed by atoms with E-state index < -0.39 is 0 Å². The molecule has 0 aliphatic carbocycles. The molecule has 15 heavy (non-hydrogen) atoms. The first kappa shape index (κ1) is 10.4. The van der Waals surface area contributed by atoms with Crippen LogP contribution in [0.3, 0.4) is 0 Å². The quantitative estimate of drug-likeness (QED) is 0.800. The molecule has 1 saturated heterocycles. The molecule has 0 spiro atoms. The van der Waals surface area contributed by atoms with E-state index >= 15 is 0 Å². The third-order valence-electron chi connectivity index (χ3n) is 2.83. The molecule has 0 bridgehead atoms. The fourth-order valence-electron chi connectivity index (χ4n) is 1.97. The van der Waals surface area contributed by atoms with Gasteiger partial charge in [0.05, 0.1) is 6.20 Å². The summed E-state index contributed by atoms with van der Waals surface area (Å²) < 4.78 is 0. The average Bonchev–Trinajstić information content (AvgIpc) is 2.70. The third-order valence-corrected chi connectivity index (χ3v) is 2.83. The molecule has 1 aromatic heterocycles. The van der Waals surface area contributed by atoms with Crippen molar-refractivity contribution >= 4 is 5.82 Å². The summed E-state index contributed by atoms with van der Waals surface area (Å²) in [6.45, 7) is 4.20. The van der Waals surface area contributed by atoms with Crippen LogP contribution < -0.4 is 10.2 Å². The minimum atomic E-state index is 0.609. The van der Waals surface area contributed by atoms with Gasteiger partial charge < -0.3 is 10.2 Å². The summed E-state index contributed by atoms with van der Waals surface area (Å²) in [7, 11) is 2.07. The fraction of sp³-hybridized carbons (Fsp3) is 0.636. The van der Waals surface area contributed by atoms with Crippen molar-refractivity contribution in [2.24, 2.45) is 0 Å². The van der Waals surface area contributed by atoms with Crippen LogP contribution in [0, 0.1) is 6.92 Å². The topological polar surface area (TPSA) is 41.1 Å². The Labute approximate surface area is 90.7 Å². The Morgan fingerprint density at radius 3 is 3.13 bits per heavy atom. The zero-order valence-corrected chi connectivity index (χ0v) is 9.40. The molecule has 2 heterocycles. The number of aromatic nitrogens is 2. The minimum absolute atomic E-state index is 0.609. The molecule has 1 aliphatic rings. The summed E-state index contributed by atoms with van der Waals surface area (Å²) >= 11 is 0. The lowest BCUT2D eigenvalue weighted by atomic mass is 10.2. The van der Waals surface area contributed by atoms with Crippen LogP contribution in [0.15, 0.2) is 12.3 Å². The second-order valence-corrected chi connectivity index (χ2v) is 4.26. The second kappa shape index (κ2) is 4.57. The lowest BCUT2D eigenvalue weighted by Gasteiger charge is -2.21. The molecule has 1 aliphatic heterocycles. The van der Waals surface area contributed by atoms with E-state index in [1.54, 1.807) is 6.20 Å². The molecule has 0 saturated carbocycles. The van der Waals surface area contributed by atoms with Gasteiger partial charge in [-0.25, -0.2) is 0 Å². The molecule has 2 rings (SSSR count). The van der Waals surface area contributed by atoms with Crippen molar-refractivity contribution in [3.05, 3.63) is 17.8 Å². The van der Waals surface area contributed by atoms with Crippen molar-refractivity contribution in [1.82, 2.24) is 15.5 Å². The van der Waals surface area contributed by atoms with Gasteiger partial charge in [-0.2, -0.15) is 5.10 Å². The minimum Gasteiger partial charge on any atom is -0.357 e. The van der Waals surface area contributed by atoms with Gasteiger partial charge in [0.15, 0.2) is 5.82 Å². The zero-order valence-electron chi connectivity index (χ0n) is 9.40. The molecule has 4 heteroatoms. The summed E-state index contributed by atoms with van der Waals surface area (Å²) in [6, 6.07) is 2.68. The van der Waals surface area contributed by atoms with Crippen molar-refractivity contribution in [2.75, 3.05) is 25.0 Å². The van der Waals surface area contributed by atoms with E-state index in [2.05, 4.69) is 33.5 Å². The Morgan fingerprint density at radius 1 is 1.60 bits per heavy atom. The van der Waals surface area contributed by atoms with Crippen molar-refractivity contribution in [3.63, 3.8) is 0 Å². The normalized spacial score (nSPS) is 20.5. The Kier molecular flexibility index (Phi) is 3.16. The van der Waals surface area contributed by atoms with Crippen LogP contribution >= 0.6 is 0 Å². The maximum atomic E-state index is 4.13. The van der Waals surface area contributed by atoms with Gasteiger partial charge in [0.1, 0.15) is 0 Å². The molecule has 1 atom stereocenters. The molecule has 1 fully saturated rings. The Morgan fingerprint density at radius 2 is 2.47 bits per heavy atom. The van der Waals surface area contributed by atoms with Gasteiger partial charge >= 0.3 is 0 Å². The number of aryl methyl sites for hydroxylation is 1. The second-order valence-electron chi connectivity index (χ2n) is 4.26. The van der Waals surface area contributed by atoms with Crippen LogP contribution in [-0.4, -0.2) is 36.4 Å². The summed E-state index contributed by atoms with van der Waals surface area (Å²) in [5.74, 6) is 0.962. The lowest BCUT2D eigenvalue weighted by molar-refractivity contribution is 0.596. The molecule has 0 radical (unpaired) electrons. The number of rotatable bonds is 3. The highest BCUT2D eigenvalue weighted by Gasteiger charge is 2.16. The van der Waals surface area contributed by atoms with Gasteiger partial charge in [0.2, 0.25) is 0 Å². The molecule has 4 nitrogen and oxygen atoms in total. The summed E-state index contributed by atoms with van der Waals surface area (Å²) in [4.78, 5) is 2.17. The molecule has 0 aromatic carbocycles. The fourth-order valence-corrected chi connectivity index (χ4v) is 1.97. The summed E-state index contributed by atoms with van der Waals surface area (Å²) in [6.07, 6.45) is 4.34. The molecule has 1 N–H and O–H groups in total. The number of nitrogens with one attached hydrogen (secondary N) is 1. The maximum Gasteiger partial charge on any atom is 0.151 e. The highest BCUT2D eigenvalue weighted by Crippen LogP contribution is 2.12. The predicted octanol–water partition coefficient (Wildman–Crippen LogP) is 0.973. The molecular weight excluding hydrogens is 188 g/mol. The first-order valence-corrected chi connectivity index (χ1v) is 5.49.